The van der Waals surface area contributed by atoms with Crippen LogP contribution in [-0.4, -0.2) is 77.4 Å². The van der Waals surface area contributed by atoms with Crippen LogP contribution in [0.3, 0.4) is 0 Å². The van der Waals surface area contributed by atoms with Crippen LogP contribution in [0.2, 0.25) is 10.0 Å². The minimum atomic E-state index is -4.00. The Kier molecular flexibility index (Phi) is 8.14. The number of hydrogen-bond acceptors (Lipinski definition) is 6. The molecule has 2 heterocycles. The number of rotatable bonds is 7. The summed E-state index contributed by atoms with van der Waals surface area (Å²) in [5, 5.41) is 3.22. The number of sulfonamides is 2. The standard InChI is InChI=1S/C23H29Cl2N4O4S2/c1-16(2)28-10-12-29(13-11-28)35(32,33)22-14-17(6-7-20(22)24)19-4-3-5-21(25)23(19)34(30,31)27-18-8-9-26-15-18/h3,5-7,14,16,18,26-27H,8-13,15H2,1-2H3. The first-order valence-electron chi connectivity index (χ1n) is 11.5. The summed E-state index contributed by atoms with van der Waals surface area (Å²) in [6.45, 7) is 7.35. The first-order chi connectivity index (χ1) is 16.5. The highest BCUT2D eigenvalue weighted by molar-refractivity contribution is 7.90. The fraction of sp³-hybridized carbons (Fsp3) is 0.478. The van der Waals surface area contributed by atoms with Crippen LogP contribution in [0.15, 0.2) is 40.1 Å². The third kappa shape index (κ3) is 5.70. The van der Waals surface area contributed by atoms with Crippen LogP contribution in [-0.2, 0) is 20.0 Å². The summed E-state index contributed by atoms with van der Waals surface area (Å²) in [5.41, 5.74) is 0.537. The second-order valence-electron chi connectivity index (χ2n) is 9.02. The Hall–Kier alpha value is -1.24. The Morgan fingerprint density at radius 1 is 1.06 bits per heavy atom. The van der Waals surface area contributed by atoms with Crippen molar-refractivity contribution in [1.29, 1.82) is 0 Å². The summed E-state index contributed by atoms with van der Waals surface area (Å²) in [6.07, 6.45) is 0.663. The van der Waals surface area contributed by atoms with Crippen LogP contribution >= 0.6 is 23.2 Å². The number of piperazine rings is 1. The zero-order valence-corrected chi connectivity index (χ0v) is 22.7. The number of benzene rings is 2. The molecule has 2 aliphatic rings. The second-order valence-corrected chi connectivity index (χ2v) is 13.4. The monoisotopic (exact) mass is 559 g/mol. The molecule has 0 aliphatic carbocycles. The topological polar surface area (TPSA) is 98.8 Å². The van der Waals surface area contributed by atoms with Gasteiger partial charge in [0.05, 0.1) is 10.0 Å². The lowest BCUT2D eigenvalue weighted by molar-refractivity contribution is 0.154. The Morgan fingerprint density at radius 3 is 2.40 bits per heavy atom. The van der Waals surface area contributed by atoms with Crippen molar-refractivity contribution in [2.24, 2.45) is 0 Å². The van der Waals surface area contributed by atoms with Crippen molar-refractivity contribution < 1.29 is 16.8 Å². The smallest absolute Gasteiger partial charge is 0.244 e. The molecule has 2 aromatic rings. The third-order valence-corrected chi connectivity index (χ3v) is 10.8. The molecule has 2 aromatic carbocycles. The molecule has 8 nitrogen and oxygen atoms in total. The number of nitrogens with zero attached hydrogens (tertiary/aromatic N) is 2. The van der Waals surface area contributed by atoms with E-state index in [9.17, 15) is 16.8 Å². The van der Waals surface area contributed by atoms with E-state index in [1.165, 1.54) is 28.6 Å². The predicted molar refractivity (Wildman–Crippen MR) is 138 cm³/mol. The second kappa shape index (κ2) is 10.6. The molecule has 0 spiro atoms. The number of halogens is 2. The van der Waals surface area contributed by atoms with Crippen LogP contribution in [0.1, 0.15) is 20.3 Å². The molecule has 2 N–H and O–H groups in total. The quantitative estimate of drug-likeness (QED) is 0.541. The molecular formula is C23H29Cl2N4O4S2. The van der Waals surface area contributed by atoms with Gasteiger partial charge >= 0.3 is 0 Å². The van der Waals surface area contributed by atoms with Gasteiger partial charge in [0, 0.05) is 50.4 Å². The molecule has 0 saturated carbocycles. The lowest BCUT2D eigenvalue weighted by Gasteiger charge is -2.36. The van der Waals surface area contributed by atoms with Crippen LogP contribution in [0, 0.1) is 6.07 Å². The molecule has 1 radical (unpaired) electrons. The normalized spacial score (nSPS) is 20.5. The van der Waals surface area contributed by atoms with Gasteiger partial charge in [0.15, 0.2) is 0 Å². The highest BCUT2D eigenvalue weighted by Crippen LogP contribution is 2.36. The van der Waals surface area contributed by atoms with E-state index < -0.39 is 20.0 Å². The lowest BCUT2D eigenvalue weighted by Crippen LogP contribution is -2.50. The van der Waals surface area contributed by atoms with E-state index >= 15 is 0 Å². The molecule has 0 amide bonds. The third-order valence-electron chi connectivity index (χ3n) is 6.39. The average molecular weight is 561 g/mol. The minimum Gasteiger partial charge on any atom is -0.315 e. The zero-order valence-electron chi connectivity index (χ0n) is 19.6. The maximum Gasteiger partial charge on any atom is 0.244 e. The van der Waals surface area contributed by atoms with Crippen molar-refractivity contribution in [2.75, 3.05) is 39.3 Å². The molecular weight excluding hydrogens is 531 g/mol. The summed E-state index contributed by atoms with van der Waals surface area (Å²) >= 11 is 12.7. The number of hydrogen-bond donors (Lipinski definition) is 2. The molecule has 2 aliphatic heterocycles. The van der Waals surface area contributed by atoms with Gasteiger partial charge in [0.25, 0.3) is 0 Å². The molecule has 2 fully saturated rings. The molecule has 191 valence electrons. The number of nitrogens with one attached hydrogen (secondary N) is 2. The Bertz CT molecular complexity index is 1290. The summed E-state index contributed by atoms with van der Waals surface area (Å²) in [5.74, 6) is 0. The van der Waals surface area contributed by atoms with Gasteiger partial charge in [-0.3, -0.25) is 4.90 Å². The molecule has 0 aromatic heterocycles. The predicted octanol–water partition coefficient (Wildman–Crippen LogP) is 2.82. The Balaban J connectivity index is 1.71. The highest BCUT2D eigenvalue weighted by atomic mass is 35.5. The Morgan fingerprint density at radius 2 is 1.77 bits per heavy atom. The van der Waals surface area contributed by atoms with Crippen LogP contribution < -0.4 is 10.0 Å². The van der Waals surface area contributed by atoms with Crippen molar-refractivity contribution in [3.05, 3.63) is 46.4 Å². The van der Waals surface area contributed by atoms with E-state index in [-0.39, 0.29) is 31.4 Å². The zero-order chi connectivity index (χ0) is 25.4. The molecule has 12 heteroatoms. The van der Waals surface area contributed by atoms with Gasteiger partial charge in [-0.25, -0.2) is 21.6 Å². The molecule has 35 heavy (non-hydrogen) atoms. The van der Waals surface area contributed by atoms with E-state index in [1.54, 1.807) is 6.07 Å². The van der Waals surface area contributed by atoms with Crippen molar-refractivity contribution >= 4 is 43.2 Å². The average Bonchev–Trinajstić information content (AvgIpc) is 3.31. The fourth-order valence-corrected chi connectivity index (χ4v) is 8.34. The summed E-state index contributed by atoms with van der Waals surface area (Å²) in [7, 11) is -7.89. The summed E-state index contributed by atoms with van der Waals surface area (Å²) < 4.78 is 57.7. The first-order valence-corrected chi connectivity index (χ1v) is 15.2. The molecule has 0 bridgehead atoms. The van der Waals surface area contributed by atoms with Gasteiger partial charge in [0.2, 0.25) is 20.0 Å². The van der Waals surface area contributed by atoms with E-state index in [2.05, 4.69) is 34.9 Å². The molecule has 2 saturated heterocycles. The van der Waals surface area contributed by atoms with Crippen molar-refractivity contribution in [3.63, 3.8) is 0 Å². The van der Waals surface area contributed by atoms with Crippen LogP contribution in [0.5, 0.6) is 0 Å². The molecule has 1 unspecified atom stereocenters. The van der Waals surface area contributed by atoms with Crippen LogP contribution in [0.25, 0.3) is 11.1 Å². The highest BCUT2D eigenvalue weighted by Gasteiger charge is 2.32. The summed E-state index contributed by atoms with van der Waals surface area (Å²) in [6, 6.07) is 10.4. The van der Waals surface area contributed by atoms with Gasteiger partial charge in [-0.05, 0) is 56.6 Å². The van der Waals surface area contributed by atoms with Gasteiger partial charge in [-0.15, -0.1) is 0 Å². The van der Waals surface area contributed by atoms with Crippen LogP contribution in [0.4, 0.5) is 0 Å². The van der Waals surface area contributed by atoms with Gasteiger partial charge in [-0.1, -0.05) is 35.3 Å². The van der Waals surface area contributed by atoms with Gasteiger partial charge in [-0.2, -0.15) is 4.31 Å². The van der Waals surface area contributed by atoms with Crippen molar-refractivity contribution in [3.8, 4) is 11.1 Å². The van der Waals surface area contributed by atoms with E-state index in [1.807, 2.05) is 0 Å². The van der Waals surface area contributed by atoms with Gasteiger partial charge in [0.1, 0.15) is 9.79 Å². The maximum absolute atomic E-state index is 13.5. The Labute approximate surface area is 217 Å². The maximum atomic E-state index is 13.5. The first kappa shape index (κ1) is 26.8. The van der Waals surface area contributed by atoms with E-state index in [0.717, 1.165) is 6.54 Å². The van der Waals surface area contributed by atoms with Gasteiger partial charge < -0.3 is 5.32 Å². The SMILES string of the molecule is CC(C)N1CCN(S(=O)(=O)c2cc(-c3[c]ccc(Cl)c3S(=O)(=O)NC3CCNC3)ccc2Cl)CC1. The largest absolute Gasteiger partial charge is 0.315 e. The van der Waals surface area contributed by atoms with Crippen molar-refractivity contribution in [2.45, 2.75) is 42.1 Å². The van der Waals surface area contributed by atoms with Crippen molar-refractivity contribution in [1.82, 2.24) is 19.2 Å². The van der Waals surface area contributed by atoms with E-state index in [4.69, 9.17) is 23.2 Å². The minimum absolute atomic E-state index is 0.0290. The molecule has 4 rings (SSSR count). The summed E-state index contributed by atoms with van der Waals surface area (Å²) in [4.78, 5) is 2.01. The molecule has 1 atom stereocenters. The van der Waals surface area contributed by atoms with E-state index in [0.29, 0.717) is 50.7 Å². The fourth-order valence-electron chi connectivity index (χ4n) is 4.43. The lowest BCUT2D eigenvalue weighted by atomic mass is 10.1.